The van der Waals surface area contributed by atoms with Gasteiger partial charge in [0.1, 0.15) is 0 Å². The van der Waals surface area contributed by atoms with E-state index in [0.29, 0.717) is 51.2 Å². The zero-order chi connectivity index (χ0) is 18.0. The van der Waals surface area contributed by atoms with Crippen LogP contribution in [0, 0.1) is 0 Å². The van der Waals surface area contributed by atoms with Crippen molar-refractivity contribution >= 4 is 19.4 Å². The first-order valence-electron chi connectivity index (χ1n) is 9.52. The average molecular weight is 395 g/mol. The van der Waals surface area contributed by atoms with Crippen molar-refractivity contribution in [2.75, 3.05) is 0 Å². The van der Waals surface area contributed by atoms with Crippen LogP contribution in [0.15, 0.2) is 30.3 Å². The molecule has 0 bridgehead atoms. The maximum absolute atomic E-state index is 2.76. The van der Waals surface area contributed by atoms with Crippen molar-refractivity contribution in [1.29, 1.82) is 0 Å². The average Bonchev–Trinajstić information content (AvgIpc) is 3.11. The van der Waals surface area contributed by atoms with Crippen LogP contribution in [-0.4, -0.2) is 61.0 Å². The fraction of sp³-hybridized carbons (Fsp3) is 0.714. The first kappa shape index (κ1) is 20.0. The predicted molar refractivity (Wildman–Crippen MR) is 107 cm³/mol. The van der Waals surface area contributed by atoms with Gasteiger partial charge in [-0.05, 0) is 0 Å². The number of nitrogens with zero attached hydrogens (tertiary/aromatic N) is 2. The van der Waals surface area contributed by atoms with Gasteiger partial charge in [0.25, 0.3) is 0 Å². The van der Waals surface area contributed by atoms with Gasteiger partial charge >= 0.3 is 156 Å². The fourth-order valence-corrected chi connectivity index (χ4v) is 7.29. The van der Waals surface area contributed by atoms with Gasteiger partial charge in [-0.15, -0.1) is 0 Å². The van der Waals surface area contributed by atoms with Crippen LogP contribution >= 0.6 is 0 Å². The van der Waals surface area contributed by atoms with Gasteiger partial charge in [-0.25, -0.2) is 0 Å². The molecule has 1 aromatic rings. The Labute approximate surface area is 156 Å². The van der Waals surface area contributed by atoms with E-state index in [9.17, 15) is 0 Å². The van der Waals surface area contributed by atoms with E-state index in [0.717, 1.165) is 4.82 Å². The van der Waals surface area contributed by atoms with Gasteiger partial charge in [0.15, 0.2) is 0 Å². The van der Waals surface area contributed by atoms with Crippen LogP contribution in [0.4, 0.5) is 0 Å². The van der Waals surface area contributed by atoms with Crippen LogP contribution in [0.1, 0.15) is 55.4 Å². The minimum atomic E-state index is 0.542. The molecule has 2 rings (SSSR count). The summed E-state index contributed by atoms with van der Waals surface area (Å²) in [7, 11) is 0. The van der Waals surface area contributed by atoms with Gasteiger partial charge in [-0.3, -0.25) is 0 Å². The maximum atomic E-state index is 2.76. The molecule has 136 valence electrons. The Morgan fingerprint density at radius 3 is 1.38 bits per heavy atom. The Hall–Kier alpha value is -0.341. The Balaban J connectivity index is 2.26. The van der Waals surface area contributed by atoms with Crippen molar-refractivity contribution in [2.24, 2.45) is 0 Å². The molecule has 1 fully saturated rings. The Kier molecular flexibility index (Phi) is 6.96. The summed E-state index contributed by atoms with van der Waals surface area (Å²) in [5.74, 6) is 0. The molecule has 0 N–H and O–H groups in total. The normalized spacial score (nSPS) is 24.2. The summed E-state index contributed by atoms with van der Waals surface area (Å²) >= 11 is 0.542. The van der Waals surface area contributed by atoms with E-state index in [2.05, 4.69) is 95.5 Å². The molecular weight excluding hydrogens is 359 g/mol. The van der Waals surface area contributed by atoms with Crippen LogP contribution in [0.25, 0.3) is 0 Å². The van der Waals surface area contributed by atoms with Crippen LogP contribution in [-0.2, 0) is 0 Å². The second-order valence-corrected chi connectivity index (χ2v) is 10.8. The Morgan fingerprint density at radius 1 is 0.667 bits per heavy atom. The summed E-state index contributed by atoms with van der Waals surface area (Å²) < 4.78 is 1.54. The Bertz CT molecular complexity index is 456. The number of hydrogen-bond acceptors (Lipinski definition) is 2. The van der Waals surface area contributed by atoms with Crippen molar-refractivity contribution in [3.05, 3.63) is 30.3 Å². The number of hydrogen-bond donors (Lipinski definition) is 0. The molecule has 1 saturated carbocycles. The van der Waals surface area contributed by atoms with E-state index >= 15 is 0 Å². The standard InChI is InChI=1S/C21H36N2Se/c1-14(2)22(15(3)4)19-20(23(16(5)6)17(7)8)21(19)24-18-12-10-9-11-13-18/h9-17,19-21H,1-8H3. The van der Waals surface area contributed by atoms with Crippen molar-refractivity contribution in [3.63, 3.8) is 0 Å². The molecule has 1 aliphatic rings. The van der Waals surface area contributed by atoms with Gasteiger partial charge in [-0.1, -0.05) is 0 Å². The van der Waals surface area contributed by atoms with Crippen molar-refractivity contribution in [2.45, 2.75) is 96.5 Å². The van der Waals surface area contributed by atoms with Gasteiger partial charge < -0.3 is 0 Å². The van der Waals surface area contributed by atoms with Crippen molar-refractivity contribution in [1.82, 2.24) is 9.80 Å². The van der Waals surface area contributed by atoms with Gasteiger partial charge in [-0.2, -0.15) is 0 Å². The second kappa shape index (κ2) is 8.36. The van der Waals surface area contributed by atoms with E-state index in [1.165, 1.54) is 0 Å². The molecule has 1 aromatic carbocycles. The van der Waals surface area contributed by atoms with Crippen LogP contribution < -0.4 is 4.46 Å². The molecule has 3 heteroatoms. The molecule has 0 amide bonds. The predicted octanol–water partition coefficient (Wildman–Crippen LogP) is 3.79. The SMILES string of the molecule is CC(C)N(C(C)C)C1C([Se]c2ccccc2)C1N(C(C)C)C(C)C. The molecule has 2 unspecified atom stereocenters. The molecule has 2 atom stereocenters. The van der Waals surface area contributed by atoms with Crippen LogP contribution in [0.3, 0.4) is 0 Å². The number of rotatable bonds is 8. The molecule has 0 saturated heterocycles. The molecule has 0 aliphatic heterocycles. The van der Waals surface area contributed by atoms with E-state index < -0.39 is 0 Å². The van der Waals surface area contributed by atoms with Crippen molar-refractivity contribution < 1.29 is 0 Å². The summed E-state index contributed by atoms with van der Waals surface area (Å²) in [6, 6.07) is 15.0. The minimum absolute atomic E-state index is 0.542. The zero-order valence-corrected chi connectivity index (χ0v) is 18.4. The van der Waals surface area contributed by atoms with E-state index in [-0.39, 0.29) is 0 Å². The third-order valence-electron chi connectivity index (χ3n) is 4.97. The summed E-state index contributed by atoms with van der Waals surface area (Å²) in [6.45, 7) is 18.9. The molecule has 2 nitrogen and oxygen atoms in total. The molecule has 0 spiro atoms. The van der Waals surface area contributed by atoms with Gasteiger partial charge in [0.05, 0.1) is 0 Å². The quantitative estimate of drug-likeness (QED) is 0.618. The van der Waals surface area contributed by atoms with Gasteiger partial charge in [0, 0.05) is 0 Å². The van der Waals surface area contributed by atoms with E-state index in [1.807, 2.05) is 0 Å². The first-order chi connectivity index (χ1) is 11.3. The molecular formula is C21H36N2Se. The molecule has 24 heavy (non-hydrogen) atoms. The molecule has 0 aromatic heterocycles. The monoisotopic (exact) mass is 396 g/mol. The summed E-state index contributed by atoms with van der Waals surface area (Å²) in [5, 5.41) is 0. The van der Waals surface area contributed by atoms with E-state index in [4.69, 9.17) is 0 Å². The van der Waals surface area contributed by atoms with Crippen molar-refractivity contribution in [3.8, 4) is 0 Å². The molecule has 1 aliphatic carbocycles. The third kappa shape index (κ3) is 4.43. The summed E-state index contributed by atoms with van der Waals surface area (Å²) in [4.78, 5) is 6.32. The molecule has 0 radical (unpaired) electrons. The summed E-state index contributed by atoms with van der Waals surface area (Å²) in [5.41, 5.74) is 0. The molecule has 0 heterocycles. The topological polar surface area (TPSA) is 6.48 Å². The van der Waals surface area contributed by atoms with Gasteiger partial charge in [0.2, 0.25) is 0 Å². The third-order valence-corrected chi connectivity index (χ3v) is 7.85. The first-order valence-corrected chi connectivity index (χ1v) is 11.4. The van der Waals surface area contributed by atoms with Crippen LogP contribution in [0.2, 0.25) is 4.82 Å². The zero-order valence-electron chi connectivity index (χ0n) is 16.7. The second-order valence-electron chi connectivity index (χ2n) is 8.15. The fourth-order valence-electron chi connectivity index (χ4n) is 4.31. The summed E-state index contributed by atoms with van der Waals surface area (Å²) in [6.07, 6.45) is 0. The van der Waals surface area contributed by atoms with Crippen LogP contribution in [0.5, 0.6) is 0 Å². The Morgan fingerprint density at radius 2 is 1.04 bits per heavy atom. The number of benzene rings is 1. The van der Waals surface area contributed by atoms with E-state index in [1.54, 1.807) is 4.46 Å².